The van der Waals surface area contributed by atoms with Crippen LogP contribution in [0, 0.1) is 0 Å². The SMILES string of the molecule is C=C(c1cc(OC)c(OC)c(OC)c1)c1ccc2c(c1)c(/C=N/OC(C)=O)cn2C. The molecule has 7 heteroatoms. The number of oxime groups is 1. The second-order valence-electron chi connectivity index (χ2n) is 6.64. The number of methoxy groups -OCH3 is 3. The summed E-state index contributed by atoms with van der Waals surface area (Å²) in [7, 11) is 6.67. The molecule has 2 aromatic carbocycles. The first-order chi connectivity index (χ1) is 14.4. The molecule has 0 N–H and O–H groups in total. The molecule has 0 amide bonds. The molecule has 7 nitrogen and oxygen atoms in total. The molecule has 0 saturated carbocycles. The Morgan fingerprint density at radius 2 is 1.70 bits per heavy atom. The highest BCUT2D eigenvalue weighted by Gasteiger charge is 2.16. The number of benzene rings is 2. The van der Waals surface area contributed by atoms with Crippen LogP contribution in [0.15, 0.2) is 48.3 Å². The molecule has 0 atom stereocenters. The quantitative estimate of drug-likeness (QED) is 0.333. The third-order valence-corrected chi connectivity index (χ3v) is 4.75. The standard InChI is InChI=1S/C23H24N2O5/c1-14(17-10-21(27-4)23(29-6)22(11-17)28-5)16-7-8-20-19(9-16)18(13-25(20)3)12-24-30-15(2)26/h7-13H,1H2,2-6H3/b24-12+. The first-order valence-corrected chi connectivity index (χ1v) is 9.19. The fourth-order valence-electron chi connectivity index (χ4n) is 3.29. The van der Waals surface area contributed by atoms with Gasteiger partial charge in [-0.25, -0.2) is 4.79 Å². The number of carbonyl (C=O) groups is 1. The van der Waals surface area contributed by atoms with Gasteiger partial charge < -0.3 is 23.6 Å². The van der Waals surface area contributed by atoms with Crippen molar-refractivity contribution in [1.82, 2.24) is 4.57 Å². The van der Waals surface area contributed by atoms with Gasteiger partial charge in [-0.2, -0.15) is 0 Å². The minimum Gasteiger partial charge on any atom is -0.493 e. The molecule has 0 aliphatic heterocycles. The third-order valence-electron chi connectivity index (χ3n) is 4.75. The van der Waals surface area contributed by atoms with Gasteiger partial charge in [0, 0.05) is 36.6 Å². The Morgan fingerprint density at radius 1 is 1.03 bits per heavy atom. The number of hydrogen-bond acceptors (Lipinski definition) is 6. The molecule has 0 spiro atoms. The lowest BCUT2D eigenvalue weighted by Gasteiger charge is -2.15. The smallest absolute Gasteiger partial charge is 0.331 e. The maximum Gasteiger partial charge on any atom is 0.331 e. The van der Waals surface area contributed by atoms with Crippen LogP contribution in [0.3, 0.4) is 0 Å². The Hall–Kier alpha value is -3.74. The van der Waals surface area contributed by atoms with Crippen molar-refractivity contribution < 1.29 is 23.8 Å². The van der Waals surface area contributed by atoms with Crippen LogP contribution in [0.5, 0.6) is 17.2 Å². The van der Waals surface area contributed by atoms with E-state index in [2.05, 4.69) is 16.6 Å². The highest BCUT2D eigenvalue weighted by Crippen LogP contribution is 2.41. The largest absolute Gasteiger partial charge is 0.493 e. The highest BCUT2D eigenvalue weighted by atomic mass is 16.7. The average Bonchev–Trinajstić information content (AvgIpc) is 3.06. The van der Waals surface area contributed by atoms with E-state index in [0.29, 0.717) is 17.2 Å². The molecule has 3 rings (SSSR count). The molecule has 0 radical (unpaired) electrons. The Kier molecular flexibility index (Phi) is 6.11. The van der Waals surface area contributed by atoms with Crippen molar-refractivity contribution in [2.45, 2.75) is 6.92 Å². The van der Waals surface area contributed by atoms with E-state index in [1.54, 1.807) is 21.3 Å². The second-order valence-corrected chi connectivity index (χ2v) is 6.64. The molecule has 1 aromatic heterocycles. The molecule has 30 heavy (non-hydrogen) atoms. The molecule has 0 aliphatic carbocycles. The van der Waals surface area contributed by atoms with E-state index in [1.807, 2.05) is 48.1 Å². The molecular weight excluding hydrogens is 384 g/mol. The second kappa shape index (κ2) is 8.73. The Morgan fingerprint density at radius 3 is 2.27 bits per heavy atom. The van der Waals surface area contributed by atoms with Crippen molar-refractivity contribution in [2.24, 2.45) is 12.2 Å². The summed E-state index contributed by atoms with van der Waals surface area (Å²) in [6.45, 7) is 5.57. The monoisotopic (exact) mass is 408 g/mol. The lowest BCUT2D eigenvalue weighted by Crippen LogP contribution is -1.97. The topological polar surface area (TPSA) is 71.3 Å². The van der Waals surface area contributed by atoms with Gasteiger partial charge in [0.1, 0.15) is 0 Å². The number of nitrogens with zero attached hydrogens (tertiary/aromatic N) is 2. The minimum atomic E-state index is -0.469. The van der Waals surface area contributed by atoms with Gasteiger partial charge in [0.15, 0.2) is 11.5 Å². The van der Waals surface area contributed by atoms with Gasteiger partial charge in [-0.3, -0.25) is 0 Å². The zero-order valence-electron chi connectivity index (χ0n) is 17.7. The molecule has 0 bridgehead atoms. The van der Waals surface area contributed by atoms with Crippen LogP contribution in [0.2, 0.25) is 0 Å². The van der Waals surface area contributed by atoms with Crippen molar-refractivity contribution in [3.8, 4) is 17.2 Å². The van der Waals surface area contributed by atoms with Crippen molar-refractivity contribution in [3.05, 3.63) is 59.8 Å². The maximum atomic E-state index is 11.0. The van der Waals surface area contributed by atoms with E-state index < -0.39 is 5.97 Å². The van der Waals surface area contributed by atoms with Crippen LogP contribution >= 0.6 is 0 Å². The molecule has 3 aromatic rings. The minimum absolute atomic E-state index is 0.469. The van der Waals surface area contributed by atoms with Gasteiger partial charge in [-0.05, 0) is 41.0 Å². The molecular formula is C23H24N2O5. The first-order valence-electron chi connectivity index (χ1n) is 9.19. The normalized spacial score (nSPS) is 11.0. The number of hydrogen-bond donors (Lipinski definition) is 0. The third kappa shape index (κ3) is 4.00. The molecule has 1 heterocycles. The van der Waals surface area contributed by atoms with Crippen molar-refractivity contribution >= 4 is 28.7 Å². The lowest BCUT2D eigenvalue weighted by molar-refractivity contribution is -0.140. The van der Waals surface area contributed by atoms with Gasteiger partial charge in [-0.1, -0.05) is 17.8 Å². The van der Waals surface area contributed by atoms with E-state index in [9.17, 15) is 4.79 Å². The van der Waals surface area contributed by atoms with Gasteiger partial charge in [0.2, 0.25) is 5.75 Å². The van der Waals surface area contributed by atoms with E-state index >= 15 is 0 Å². The predicted octanol–water partition coefficient (Wildman–Crippen LogP) is 4.16. The zero-order chi connectivity index (χ0) is 21.8. The molecule has 0 aliphatic rings. The van der Waals surface area contributed by atoms with Crippen LogP contribution in [0.4, 0.5) is 0 Å². The van der Waals surface area contributed by atoms with Crippen LogP contribution in [0.1, 0.15) is 23.6 Å². The number of aryl methyl sites for hydroxylation is 1. The summed E-state index contributed by atoms with van der Waals surface area (Å²) >= 11 is 0. The van der Waals surface area contributed by atoms with Crippen LogP contribution < -0.4 is 14.2 Å². The summed E-state index contributed by atoms with van der Waals surface area (Å²) < 4.78 is 18.3. The average molecular weight is 408 g/mol. The molecule has 156 valence electrons. The Labute approximate surface area is 175 Å². The lowest BCUT2D eigenvalue weighted by atomic mass is 9.97. The fourth-order valence-corrected chi connectivity index (χ4v) is 3.29. The van der Waals surface area contributed by atoms with Crippen molar-refractivity contribution in [2.75, 3.05) is 21.3 Å². The van der Waals surface area contributed by atoms with Gasteiger partial charge >= 0.3 is 5.97 Å². The number of carbonyl (C=O) groups excluding carboxylic acids is 1. The van der Waals surface area contributed by atoms with Gasteiger partial charge in [-0.15, -0.1) is 0 Å². The van der Waals surface area contributed by atoms with Gasteiger partial charge in [0.25, 0.3) is 0 Å². The number of rotatable bonds is 7. The van der Waals surface area contributed by atoms with E-state index in [0.717, 1.165) is 33.2 Å². The van der Waals surface area contributed by atoms with E-state index in [1.165, 1.54) is 13.1 Å². The molecule has 0 saturated heterocycles. The summed E-state index contributed by atoms with van der Waals surface area (Å²) in [5.41, 5.74) is 4.40. The van der Waals surface area contributed by atoms with Crippen molar-refractivity contribution in [3.63, 3.8) is 0 Å². The molecule has 0 unspecified atom stereocenters. The summed E-state index contributed by atoms with van der Waals surface area (Å²) in [6.07, 6.45) is 3.44. The van der Waals surface area contributed by atoms with Gasteiger partial charge in [0.05, 0.1) is 27.5 Å². The summed E-state index contributed by atoms with van der Waals surface area (Å²) in [4.78, 5) is 15.7. The van der Waals surface area contributed by atoms with Crippen molar-refractivity contribution in [1.29, 1.82) is 0 Å². The number of aromatic nitrogens is 1. The first kappa shape index (κ1) is 21.0. The summed E-state index contributed by atoms with van der Waals surface area (Å²) in [5, 5.41) is 4.70. The number of fused-ring (bicyclic) bond motifs is 1. The highest BCUT2D eigenvalue weighted by molar-refractivity contribution is 6.01. The summed E-state index contributed by atoms with van der Waals surface area (Å²) in [6, 6.07) is 9.76. The Balaban J connectivity index is 2.05. The molecule has 0 fully saturated rings. The fraction of sp³-hybridized carbons (Fsp3) is 0.217. The van der Waals surface area contributed by atoms with Crippen LogP contribution in [-0.4, -0.2) is 38.1 Å². The summed E-state index contributed by atoms with van der Waals surface area (Å²) in [5.74, 6) is 1.17. The predicted molar refractivity (Wildman–Crippen MR) is 117 cm³/mol. The maximum absolute atomic E-state index is 11.0. The van der Waals surface area contributed by atoms with Crippen LogP contribution in [-0.2, 0) is 16.7 Å². The van der Waals surface area contributed by atoms with E-state index in [-0.39, 0.29) is 0 Å². The van der Waals surface area contributed by atoms with E-state index in [4.69, 9.17) is 14.2 Å². The zero-order valence-corrected chi connectivity index (χ0v) is 17.7. The van der Waals surface area contributed by atoms with Crippen LogP contribution in [0.25, 0.3) is 16.5 Å². The Bertz CT molecular complexity index is 1120. The number of ether oxygens (including phenoxy) is 3.